The number of carbonyl (C=O) groups is 1. The maximum absolute atomic E-state index is 11.9. The summed E-state index contributed by atoms with van der Waals surface area (Å²) in [4.78, 5) is 11.9. The molecule has 0 bridgehead atoms. The molecule has 0 aliphatic heterocycles. The summed E-state index contributed by atoms with van der Waals surface area (Å²) in [5.74, 6) is 0.650. The maximum atomic E-state index is 11.9. The van der Waals surface area contributed by atoms with Crippen LogP contribution >= 0.6 is 12.4 Å². The van der Waals surface area contributed by atoms with E-state index in [1.807, 2.05) is 44.2 Å². The van der Waals surface area contributed by atoms with Gasteiger partial charge in [-0.25, -0.2) is 0 Å². The van der Waals surface area contributed by atoms with Crippen molar-refractivity contribution in [2.45, 2.75) is 32.9 Å². The molecule has 21 heavy (non-hydrogen) atoms. The molecule has 3 N–H and O–H groups in total. The highest BCUT2D eigenvalue weighted by Crippen LogP contribution is 2.14. The lowest BCUT2D eigenvalue weighted by Gasteiger charge is -2.12. The van der Waals surface area contributed by atoms with Crippen molar-refractivity contribution in [1.82, 2.24) is 10.5 Å². The normalized spacial score (nSPS) is 11.6. The second kappa shape index (κ2) is 7.81. The van der Waals surface area contributed by atoms with Crippen molar-refractivity contribution in [2.75, 3.05) is 0 Å². The first kappa shape index (κ1) is 17.2. The third kappa shape index (κ3) is 4.58. The highest BCUT2D eigenvalue weighted by Gasteiger charge is 2.13. The van der Waals surface area contributed by atoms with Crippen LogP contribution in [0.1, 0.15) is 35.0 Å². The van der Waals surface area contributed by atoms with Crippen LogP contribution in [0.2, 0.25) is 0 Å². The van der Waals surface area contributed by atoms with Crippen LogP contribution in [0.15, 0.2) is 34.9 Å². The van der Waals surface area contributed by atoms with Crippen LogP contribution in [-0.4, -0.2) is 11.1 Å². The van der Waals surface area contributed by atoms with Crippen LogP contribution in [-0.2, 0) is 11.3 Å². The number of halogens is 1. The zero-order chi connectivity index (χ0) is 14.5. The van der Waals surface area contributed by atoms with Gasteiger partial charge in [-0.15, -0.1) is 12.4 Å². The van der Waals surface area contributed by atoms with Crippen molar-refractivity contribution in [3.8, 4) is 0 Å². The summed E-state index contributed by atoms with van der Waals surface area (Å²) in [7, 11) is 0. The van der Waals surface area contributed by atoms with Crippen LogP contribution in [0.25, 0.3) is 0 Å². The Kier molecular flexibility index (Phi) is 6.39. The number of aryl methyl sites for hydroxylation is 2. The number of rotatable bonds is 5. The minimum atomic E-state index is -0.291. The van der Waals surface area contributed by atoms with Crippen molar-refractivity contribution >= 4 is 18.3 Å². The molecule has 1 aromatic carbocycles. The SMILES string of the molecule is Cc1noc(C)c1CNC(=O)CC(N)c1ccccc1.Cl. The second-order valence-corrected chi connectivity index (χ2v) is 4.80. The molecule has 1 aromatic heterocycles. The molecule has 0 fully saturated rings. The molecule has 1 amide bonds. The predicted octanol–water partition coefficient (Wildman–Crippen LogP) is 2.42. The fourth-order valence-electron chi connectivity index (χ4n) is 2.03. The predicted molar refractivity (Wildman–Crippen MR) is 83.1 cm³/mol. The van der Waals surface area contributed by atoms with Gasteiger partial charge < -0.3 is 15.6 Å². The second-order valence-electron chi connectivity index (χ2n) is 4.80. The average Bonchev–Trinajstić information content (AvgIpc) is 2.77. The number of amides is 1. The average molecular weight is 310 g/mol. The molecule has 6 heteroatoms. The Morgan fingerprint density at radius 2 is 2.00 bits per heavy atom. The van der Waals surface area contributed by atoms with Gasteiger partial charge >= 0.3 is 0 Å². The van der Waals surface area contributed by atoms with Gasteiger partial charge in [0.05, 0.1) is 5.69 Å². The summed E-state index contributed by atoms with van der Waals surface area (Å²) in [5, 5.41) is 6.70. The van der Waals surface area contributed by atoms with Crippen LogP contribution in [0, 0.1) is 13.8 Å². The molecule has 1 unspecified atom stereocenters. The summed E-state index contributed by atoms with van der Waals surface area (Å²) < 4.78 is 5.05. The van der Waals surface area contributed by atoms with E-state index in [2.05, 4.69) is 10.5 Å². The zero-order valence-corrected chi connectivity index (χ0v) is 12.9. The first-order valence-corrected chi connectivity index (χ1v) is 6.57. The number of aromatic nitrogens is 1. The molecule has 0 saturated carbocycles. The quantitative estimate of drug-likeness (QED) is 0.888. The van der Waals surface area contributed by atoms with Gasteiger partial charge in [-0.05, 0) is 19.4 Å². The maximum Gasteiger partial charge on any atom is 0.222 e. The number of nitrogens with zero attached hydrogens (tertiary/aromatic N) is 1. The molecule has 114 valence electrons. The fourth-order valence-corrected chi connectivity index (χ4v) is 2.03. The summed E-state index contributed by atoms with van der Waals surface area (Å²) in [5.41, 5.74) is 8.70. The summed E-state index contributed by atoms with van der Waals surface area (Å²) in [6.07, 6.45) is 0.257. The van der Waals surface area contributed by atoms with Gasteiger partial charge in [0.25, 0.3) is 0 Å². The van der Waals surface area contributed by atoms with Crippen LogP contribution in [0.5, 0.6) is 0 Å². The van der Waals surface area contributed by atoms with Gasteiger partial charge in [-0.2, -0.15) is 0 Å². The molecule has 2 rings (SSSR count). The Labute approximate surface area is 130 Å². The van der Waals surface area contributed by atoms with Gasteiger partial charge in [0.1, 0.15) is 5.76 Å². The lowest BCUT2D eigenvalue weighted by Crippen LogP contribution is -2.27. The van der Waals surface area contributed by atoms with E-state index in [4.69, 9.17) is 10.3 Å². The standard InChI is InChI=1S/C15H19N3O2.ClH/c1-10-13(11(2)20-18-10)9-17-15(19)8-14(16)12-6-4-3-5-7-12;/h3-7,14H,8-9,16H2,1-2H3,(H,17,19);1H. The molecule has 0 aliphatic rings. The molecular formula is C15H20ClN3O2. The Bertz CT molecular complexity index is 564. The smallest absolute Gasteiger partial charge is 0.222 e. The van der Waals surface area contributed by atoms with E-state index in [-0.39, 0.29) is 30.8 Å². The van der Waals surface area contributed by atoms with E-state index in [1.165, 1.54) is 0 Å². The largest absolute Gasteiger partial charge is 0.361 e. The van der Waals surface area contributed by atoms with Gasteiger partial charge in [-0.1, -0.05) is 35.5 Å². The zero-order valence-electron chi connectivity index (χ0n) is 12.1. The van der Waals surface area contributed by atoms with Crippen molar-refractivity contribution in [1.29, 1.82) is 0 Å². The number of hydrogen-bond acceptors (Lipinski definition) is 4. The van der Waals surface area contributed by atoms with Gasteiger partial charge in [0.15, 0.2) is 0 Å². The number of nitrogens with two attached hydrogens (primary N) is 1. The molecular weight excluding hydrogens is 290 g/mol. The summed E-state index contributed by atoms with van der Waals surface area (Å²) >= 11 is 0. The van der Waals surface area contributed by atoms with E-state index in [0.717, 1.165) is 22.6 Å². The van der Waals surface area contributed by atoms with Crippen LogP contribution in [0.4, 0.5) is 0 Å². The van der Waals surface area contributed by atoms with Crippen molar-refractivity contribution in [3.63, 3.8) is 0 Å². The Balaban J connectivity index is 0.00000220. The topological polar surface area (TPSA) is 81.2 Å². The first-order valence-electron chi connectivity index (χ1n) is 6.57. The van der Waals surface area contributed by atoms with E-state index >= 15 is 0 Å². The van der Waals surface area contributed by atoms with Gasteiger partial charge in [0.2, 0.25) is 5.91 Å². The number of nitrogens with one attached hydrogen (secondary N) is 1. The van der Waals surface area contributed by atoms with E-state index in [0.29, 0.717) is 6.54 Å². The Morgan fingerprint density at radius 3 is 2.57 bits per heavy atom. The molecule has 0 radical (unpaired) electrons. The molecule has 1 heterocycles. The summed E-state index contributed by atoms with van der Waals surface area (Å²) in [6, 6.07) is 9.31. The van der Waals surface area contributed by atoms with E-state index < -0.39 is 0 Å². The lowest BCUT2D eigenvalue weighted by molar-refractivity contribution is -0.121. The number of carbonyl (C=O) groups excluding carboxylic acids is 1. The number of hydrogen-bond donors (Lipinski definition) is 2. The minimum absolute atomic E-state index is 0. The highest BCUT2D eigenvalue weighted by molar-refractivity contribution is 5.85. The summed E-state index contributed by atoms with van der Waals surface area (Å²) in [6.45, 7) is 4.10. The molecule has 0 spiro atoms. The number of benzene rings is 1. The third-order valence-electron chi connectivity index (χ3n) is 3.28. The van der Waals surface area contributed by atoms with Gasteiger partial charge in [0, 0.05) is 24.6 Å². The van der Waals surface area contributed by atoms with E-state index in [1.54, 1.807) is 0 Å². The van der Waals surface area contributed by atoms with E-state index in [9.17, 15) is 4.79 Å². The first-order chi connectivity index (χ1) is 9.58. The van der Waals surface area contributed by atoms with Crippen molar-refractivity contribution < 1.29 is 9.32 Å². The minimum Gasteiger partial charge on any atom is -0.361 e. The Hall–Kier alpha value is -1.85. The monoisotopic (exact) mass is 309 g/mol. The van der Waals surface area contributed by atoms with Crippen molar-refractivity contribution in [2.24, 2.45) is 5.73 Å². The molecule has 5 nitrogen and oxygen atoms in total. The molecule has 0 aliphatic carbocycles. The lowest BCUT2D eigenvalue weighted by atomic mass is 10.0. The molecule has 0 saturated heterocycles. The molecule has 1 atom stereocenters. The highest BCUT2D eigenvalue weighted by atomic mass is 35.5. The van der Waals surface area contributed by atoms with Crippen molar-refractivity contribution in [3.05, 3.63) is 52.9 Å². The van der Waals surface area contributed by atoms with Crippen LogP contribution in [0.3, 0.4) is 0 Å². The third-order valence-corrected chi connectivity index (χ3v) is 3.28. The van der Waals surface area contributed by atoms with Crippen LogP contribution < -0.4 is 11.1 Å². The Morgan fingerprint density at radius 1 is 1.33 bits per heavy atom. The fraction of sp³-hybridized carbons (Fsp3) is 0.333. The molecule has 2 aromatic rings. The van der Waals surface area contributed by atoms with Gasteiger partial charge in [-0.3, -0.25) is 4.79 Å².